The average molecular weight is 252 g/mol. The van der Waals surface area contributed by atoms with E-state index in [1.54, 1.807) is 6.92 Å². The van der Waals surface area contributed by atoms with Crippen molar-refractivity contribution in [3.05, 3.63) is 29.8 Å². The fourth-order valence-electron chi connectivity index (χ4n) is 1.48. The second-order valence-electron chi connectivity index (χ2n) is 3.85. The lowest BCUT2D eigenvalue weighted by Crippen LogP contribution is -2.30. The lowest BCUT2D eigenvalue weighted by atomic mass is 10.1. The number of nitrogens with zero attached hydrogens (tertiary/aromatic N) is 1. The summed E-state index contributed by atoms with van der Waals surface area (Å²) < 4.78 is 11.0. The molecule has 0 aliphatic carbocycles. The Labute approximate surface area is 107 Å². The summed E-state index contributed by atoms with van der Waals surface area (Å²) in [5, 5.41) is 11.3. The van der Waals surface area contributed by atoms with Crippen molar-refractivity contribution < 1.29 is 14.7 Å². The molecule has 0 heterocycles. The lowest BCUT2D eigenvalue weighted by Gasteiger charge is -2.13. The van der Waals surface area contributed by atoms with Gasteiger partial charge in [-0.3, -0.25) is 0 Å². The highest BCUT2D eigenvalue weighted by Gasteiger charge is 2.07. The maximum absolute atomic E-state index is 8.46. The predicted octanol–water partition coefficient (Wildman–Crippen LogP) is 1.78. The van der Waals surface area contributed by atoms with E-state index in [1.165, 1.54) is 5.56 Å². The largest absolute Gasteiger partial charge is 0.491 e. The van der Waals surface area contributed by atoms with Crippen LogP contribution in [0.2, 0.25) is 0 Å². The first-order chi connectivity index (χ1) is 8.69. The molecule has 0 aliphatic heterocycles. The number of hydrogen-bond donors (Lipinski definition) is 2. The summed E-state index contributed by atoms with van der Waals surface area (Å²) in [5.41, 5.74) is 6.56. The molecule has 18 heavy (non-hydrogen) atoms. The molecule has 3 N–H and O–H groups in total. The van der Waals surface area contributed by atoms with E-state index in [2.05, 4.69) is 12.1 Å². The number of rotatable bonds is 7. The Bertz CT molecular complexity index is 394. The van der Waals surface area contributed by atoms with Crippen LogP contribution in [0.1, 0.15) is 19.4 Å². The molecule has 1 unspecified atom stereocenters. The highest BCUT2D eigenvalue weighted by atomic mass is 16.5. The Kier molecular flexibility index (Phi) is 6.00. The van der Waals surface area contributed by atoms with Gasteiger partial charge < -0.3 is 20.4 Å². The van der Waals surface area contributed by atoms with Crippen LogP contribution in [0.4, 0.5) is 0 Å². The van der Waals surface area contributed by atoms with Gasteiger partial charge in [0.25, 0.3) is 0 Å². The van der Waals surface area contributed by atoms with Gasteiger partial charge in [0, 0.05) is 0 Å². The highest BCUT2D eigenvalue weighted by Crippen LogP contribution is 2.17. The fraction of sp³-hybridized carbons (Fsp3) is 0.462. The molecule has 0 fully saturated rings. The van der Waals surface area contributed by atoms with Crippen LogP contribution in [-0.2, 0) is 11.2 Å². The summed E-state index contributed by atoms with van der Waals surface area (Å²) in [6.45, 7) is 4.61. The third kappa shape index (κ3) is 4.25. The summed E-state index contributed by atoms with van der Waals surface area (Å²) in [7, 11) is 0. The molecule has 0 aromatic heterocycles. The van der Waals surface area contributed by atoms with Crippen LogP contribution in [0.5, 0.6) is 5.75 Å². The second kappa shape index (κ2) is 7.55. The number of benzene rings is 1. The van der Waals surface area contributed by atoms with Gasteiger partial charge in [-0.15, -0.1) is 0 Å². The smallest absolute Gasteiger partial charge is 0.168 e. The zero-order valence-electron chi connectivity index (χ0n) is 10.8. The fourth-order valence-corrected chi connectivity index (χ4v) is 1.48. The normalized spacial score (nSPS) is 13.3. The summed E-state index contributed by atoms with van der Waals surface area (Å²) in [5.74, 6) is 0.934. The maximum atomic E-state index is 8.46. The number of nitrogens with two attached hydrogens (primary N) is 1. The van der Waals surface area contributed by atoms with Gasteiger partial charge in [0.1, 0.15) is 18.5 Å². The lowest BCUT2D eigenvalue weighted by molar-refractivity contribution is 0.0776. The minimum Gasteiger partial charge on any atom is -0.491 e. The SMILES string of the molecule is CCc1ccccc1OCCOC(C)/C(N)=N/O. The van der Waals surface area contributed by atoms with Crippen molar-refractivity contribution in [3.8, 4) is 5.75 Å². The quantitative estimate of drug-likeness (QED) is 0.255. The molecule has 0 saturated carbocycles. The number of aryl methyl sites for hydroxylation is 1. The molecular weight excluding hydrogens is 232 g/mol. The standard InChI is InChI=1S/C13H20N2O3/c1-3-11-6-4-5-7-12(11)18-9-8-17-10(2)13(14)15-16/h4-7,10,16H,3,8-9H2,1-2H3,(H2,14,15). The third-order valence-corrected chi connectivity index (χ3v) is 2.59. The van der Waals surface area contributed by atoms with E-state index in [1.807, 2.05) is 24.3 Å². The Morgan fingerprint density at radius 2 is 2.11 bits per heavy atom. The zero-order chi connectivity index (χ0) is 13.4. The average Bonchev–Trinajstić information content (AvgIpc) is 2.42. The summed E-state index contributed by atoms with van der Waals surface area (Å²) in [4.78, 5) is 0. The van der Waals surface area contributed by atoms with Crippen molar-refractivity contribution in [1.82, 2.24) is 0 Å². The van der Waals surface area contributed by atoms with Crippen LogP contribution >= 0.6 is 0 Å². The molecular formula is C13H20N2O3. The van der Waals surface area contributed by atoms with Crippen LogP contribution in [-0.4, -0.2) is 30.4 Å². The van der Waals surface area contributed by atoms with E-state index >= 15 is 0 Å². The van der Waals surface area contributed by atoms with Gasteiger partial charge in [0.15, 0.2) is 5.84 Å². The first-order valence-corrected chi connectivity index (χ1v) is 5.98. The topological polar surface area (TPSA) is 77.1 Å². The van der Waals surface area contributed by atoms with E-state index in [0.717, 1.165) is 12.2 Å². The van der Waals surface area contributed by atoms with Gasteiger partial charge >= 0.3 is 0 Å². The first-order valence-electron chi connectivity index (χ1n) is 5.98. The Hall–Kier alpha value is -1.75. The van der Waals surface area contributed by atoms with Gasteiger partial charge in [-0.05, 0) is 25.0 Å². The highest BCUT2D eigenvalue weighted by molar-refractivity contribution is 5.83. The summed E-state index contributed by atoms with van der Waals surface area (Å²) in [6.07, 6.45) is 0.511. The second-order valence-corrected chi connectivity index (χ2v) is 3.85. The summed E-state index contributed by atoms with van der Waals surface area (Å²) in [6, 6.07) is 7.90. The minimum atomic E-state index is -0.417. The molecule has 0 saturated heterocycles. The Morgan fingerprint density at radius 3 is 2.78 bits per heavy atom. The van der Waals surface area contributed by atoms with E-state index in [9.17, 15) is 0 Å². The molecule has 0 radical (unpaired) electrons. The molecule has 5 nitrogen and oxygen atoms in total. The number of amidine groups is 1. The van der Waals surface area contributed by atoms with Crippen LogP contribution in [0, 0.1) is 0 Å². The number of hydrogen-bond acceptors (Lipinski definition) is 4. The van der Waals surface area contributed by atoms with Crippen LogP contribution in [0.15, 0.2) is 29.4 Å². The summed E-state index contributed by atoms with van der Waals surface area (Å²) >= 11 is 0. The van der Waals surface area contributed by atoms with Crippen molar-refractivity contribution in [2.24, 2.45) is 10.9 Å². The van der Waals surface area contributed by atoms with Crippen LogP contribution < -0.4 is 10.5 Å². The molecule has 5 heteroatoms. The Balaban J connectivity index is 2.34. The minimum absolute atomic E-state index is 0.0592. The van der Waals surface area contributed by atoms with Gasteiger partial charge in [-0.25, -0.2) is 0 Å². The molecule has 100 valence electrons. The monoisotopic (exact) mass is 252 g/mol. The van der Waals surface area contributed by atoms with Crippen LogP contribution in [0.25, 0.3) is 0 Å². The van der Waals surface area contributed by atoms with Gasteiger partial charge in [0.05, 0.1) is 6.61 Å². The van der Waals surface area contributed by atoms with Gasteiger partial charge in [-0.1, -0.05) is 30.3 Å². The van der Waals surface area contributed by atoms with E-state index in [-0.39, 0.29) is 5.84 Å². The van der Waals surface area contributed by atoms with Crippen molar-refractivity contribution in [2.45, 2.75) is 26.4 Å². The van der Waals surface area contributed by atoms with Gasteiger partial charge in [0.2, 0.25) is 0 Å². The first kappa shape index (κ1) is 14.3. The molecule has 1 aromatic carbocycles. The molecule has 0 bridgehead atoms. The molecule has 0 amide bonds. The zero-order valence-corrected chi connectivity index (χ0v) is 10.8. The number of oxime groups is 1. The Morgan fingerprint density at radius 1 is 1.39 bits per heavy atom. The molecule has 0 spiro atoms. The predicted molar refractivity (Wildman–Crippen MR) is 70.1 cm³/mol. The molecule has 1 atom stereocenters. The van der Waals surface area contributed by atoms with Crippen molar-refractivity contribution in [3.63, 3.8) is 0 Å². The molecule has 1 rings (SSSR count). The van der Waals surface area contributed by atoms with E-state index < -0.39 is 6.10 Å². The van der Waals surface area contributed by atoms with E-state index in [0.29, 0.717) is 13.2 Å². The van der Waals surface area contributed by atoms with Crippen molar-refractivity contribution in [2.75, 3.05) is 13.2 Å². The number of ether oxygens (including phenoxy) is 2. The van der Waals surface area contributed by atoms with E-state index in [4.69, 9.17) is 20.4 Å². The third-order valence-electron chi connectivity index (χ3n) is 2.59. The molecule has 1 aromatic rings. The van der Waals surface area contributed by atoms with Crippen molar-refractivity contribution >= 4 is 5.84 Å². The molecule has 0 aliphatic rings. The van der Waals surface area contributed by atoms with Crippen molar-refractivity contribution in [1.29, 1.82) is 0 Å². The number of para-hydroxylation sites is 1. The maximum Gasteiger partial charge on any atom is 0.168 e. The van der Waals surface area contributed by atoms with Gasteiger partial charge in [-0.2, -0.15) is 0 Å². The van der Waals surface area contributed by atoms with Crippen LogP contribution in [0.3, 0.4) is 0 Å².